The van der Waals surface area contributed by atoms with Gasteiger partial charge in [0.15, 0.2) is 0 Å². The van der Waals surface area contributed by atoms with Crippen LogP contribution in [0.3, 0.4) is 0 Å². The number of carbonyl (C=O) groups is 2. The average molecular weight is 261 g/mol. The van der Waals surface area contributed by atoms with E-state index in [2.05, 4.69) is 10.6 Å². The number of rotatable bonds is 4. The van der Waals surface area contributed by atoms with Gasteiger partial charge in [-0.15, -0.1) is 0 Å². The van der Waals surface area contributed by atoms with Gasteiger partial charge in [-0.2, -0.15) is 0 Å². The number of benzene rings is 1. The van der Waals surface area contributed by atoms with Gasteiger partial charge in [0.05, 0.1) is 5.92 Å². The first-order chi connectivity index (χ1) is 9.18. The Bertz CT molecular complexity index is 441. The van der Waals surface area contributed by atoms with E-state index >= 15 is 0 Å². The first-order valence-electron chi connectivity index (χ1n) is 6.54. The highest BCUT2D eigenvalue weighted by Gasteiger charge is 2.26. The van der Waals surface area contributed by atoms with E-state index in [1.54, 1.807) is 12.1 Å². The van der Waals surface area contributed by atoms with E-state index in [4.69, 9.17) is 5.73 Å². The Hall–Kier alpha value is -1.88. The van der Waals surface area contributed by atoms with Crippen molar-refractivity contribution in [3.05, 3.63) is 35.9 Å². The molecule has 1 aromatic carbocycles. The summed E-state index contributed by atoms with van der Waals surface area (Å²) in [7, 11) is 0. The van der Waals surface area contributed by atoms with Crippen LogP contribution in [-0.4, -0.2) is 24.9 Å². The van der Waals surface area contributed by atoms with Crippen molar-refractivity contribution in [1.29, 1.82) is 0 Å². The number of hydrogen-bond acceptors (Lipinski definition) is 3. The molecular weight excluding hydrogens is 242 g/mol. The van der Waals surface area contributed by atoms with E-state index in [0.29, 0.717) is 12.1 Å². The van der Waals surface area contributed by atoms with Crippen molar-refractivity contribution in [2.45, 2.75) is 18.9 Å². The summed E-state index contributed by atoms with van der Waals surface area (Å²) in [5.74, 6) is -0.734. The minimum atomic E-state index is -0.754. The quantitative estimate of drug-likeness (QED) is 0.730. The van der Waals surface area contributed by atoms with Gasteiger partial charge in [-0.1, -0.05) is 30.3 Å². The third-order valence-electron chi connectivity index (χ3n) is 3.37. The molecule has 0 aliphatic carbocycles. The third kappa shape index (κ3) is 3.54. The molecule has 0 saturated carbocycles. The molecular formula is C14H19N3O2. The van der Waals surface area contributed by atoms with Crippen molar-refractivity contribution >= 4 is 11.8 Å². The molecule has 0 aromatic heterocycles. The van der Waals surface area contributed by atoms with Crippen LogP contribution in [0.15, 0.2) is 30.3 Å². The molecule has 0 bridgehead atoms. The monoisotopic (exact) mass is 261 g/mol. The zero-order valence-corrected chi connectivity index (χ0v) is 10.8. The largest absolute Gasteiger partial charge is 0.368 e. The molecule has 1 aliphatic rings. The van der Waals surface area contributed by atoms with Gasteiger partial charge >= 0.3 is 0 Å². The van der Waals surface area contributed by atoms with Crippen LogP contribution in [0.1, 0.15) is 24.4 Å². The zero-order valence-electron chi connectivity index (χ0n) is 10.8. The van der Waals surface area contributed by atoms with Gasteiger partial charge in [0.25, 0.3) is 0 Å². The lowest BCUT2D eigenvalue weighted by Gasteiger charge is -2.24. The summed E-state index contributed by atoms with van der Waals surface area (Å²) in [6.07, 6.45) is 1.82. The molecule has 0 spiro atoms. The Morgan fingerprint density at radius 3 is 2.63 bits per heavy atom. The number of hydrogen-bond donors (Lipinski definition) is 3. The van der Waals surface area contributed by atoms with E-state index in [-0.39, 0.29) is 11.8 Å². The number of nitrogens with two attached hydrogens (primary N) is 1. The van der Waals surface area contributed by atoms with Gasteiger partial charge in [-0.25, -0.2) is 0 Å². The Balaban J connectivity index is 2.04. The van der Waals surface area contributed by atoms with Crippen LogP contribution in [0.5, 0.6) is 0 Å². The van der Waals surface area contributed by atoms with Gasteiger partial charge in [0.2, 0.25) is 11.8 Å². The highest BCUT2D eigenvalue weighted by molar-refractivity contribution is 5.88. The predicted octanol–water partition coefficient (Wildman–Crippen LogP) is 0.329. The minimum Gasteiger partial charge on any atom is -0.368 e. The second kappa shape index (κ2) is 6.33. The molecule has 0 radical (unpaired) electrons. The van der Waals surface area contributed by atoms with Crippen molar-refractivity contribution in [1.82, 2.24) is 10.6 Å². The molecule has 19 heavy (non-hydrogen) atoms. The maximum Gasteiger partial charge on any atom is 0.244 e. The molecule has 2 atom stereocenters. The van der Waals surface area contributed by atoms with Crippen LogP contribution in [-0.2, 0) is 9.59 Å². The van der Waals surface area contributed by atoms with E-state index in [1.807, 2.05) is 18.2 Å². The molecule has 1 heterocycles. The summed E-state index contributed by atoms with van der Waals surface area (Å²) < 4.78 is 0. The van der Waals surface area contributed by atoms with Crippen molar-refractivity contribution in [2.24, 2.45) is 11.7 Å². The van der Waals surface area contributed by atoms with Crippen LogP contribution in [0, 0.1) is 5.92 Å². The van der Waals surface area contributed by atoms with Crippen LogP contribution < -0.4 is 16.4 Å². The highest BCUT2D eigenvalue weighted by atomic mass is 16.2. The molecule has 2 unspecified atom stereocenters. The van der Waals surface area contributed by atoms with Crippen molar-refractivity contribution in [3.8, 4) is 0 Å². The lowest BCUT2D eigenvalue weighted by molar-refractivity contribution is -0.130. The molecule has 2 rings (SSSR count). The van der Waals surface area contributed by atoms with Crippen LogP contribution >= 0.6 is 0 Å². The van der Waals surface area contributed by atoms with Crippen LogP contribution in [0.4, 0.5) is 0 Å². The lowest BCUT2D eigenvalue weighted by atomic mass is 9.97. The number of nitrogens with one attached hydrogen (secondary N) is 2. The molecule has 5 heteroatoms. The second-order valence-electron chi connectivity index (χ2n) is 4.80. The maximum absolute atomic E-state index is 12.1. The molecule has 1 aliphatic heterocycles. The van der Waals surface area contributed by atoms with E-state index in [1.165, 1.54) is 0 Å². The molecule has 1 saturated heterocycles. The summed E-state index contributed by atoms with van der Waals surface area (Å²) in [5, 5.41) is 5.93. The Morgan fingerprint density at radius 2 is 2.05 bits per heavy atom. The number of primary amides is 1. The van der Waals surface area contributed by atoms with Crippen molar-refractivity contribution < 1.29 is 9.59 Å². The standard InChI is InChI=1S/C14H19N3O2/c15-13(18)12(10-5-2-1-3-6-10)17-14(19)11-7-4-8-16-9-11/h1-3,5-6,11-12,16H,4,7-9H2,(H2,15,18)(H,17,19). The molecule has 1 fully saturated rings. The van der Waals surface area contributed by atoms with Gasteiger partial charge < -0.3 is 16.4 Å². The minimum absolute atomic E-state index is 0.0840. The summed E-state index contributed by atoms with van der Waals surface area (Å²) in [6.45, 7) is 1.60. The summed E-state index contributed by atoms with van der Waals surface area (Å²) in [6, 6.07) is 8.31. The van der Waals surface area contributed by atoms with Gasteiger partial charge in [0.1, 0.15) is 6.04 Å². The Morgan fingerprint density at radius 1 is 1.32 bits per heavy atom. The average Bonchev–Trinajstić information content (AvgIpc) is 2.46. The highest BCUT2D eigenvalue weighted by Crippen LogP contribution is 2.15. The van der Waals surface area contributed by atoms with E-state index in [9.17, 15) is 9.59 Å². The first kappa shape index (κ1) is 13.5. The normalized spacial score (nSPS) is 20.5. The molecule has 5 nitrogen and oxygen atoms in total. The number of carbonyl (C=O) groups excluding carboxylic acids is 2. The van der Waals surface area contributed by atoms with Crippen molar-refractivity contribution in [2.75, 3.05) is 13.1 Å². The first-order valence-corrected chi connectivity index (χ1v) is 6.54. The van der Waals surface area contributed by atoms with Gasteiger partial charge in [-0.3, -0.25) is 9.59 Å². The van der Waals surface area contributed by atoms with Crippen LogP contribution in [0.2, 0.25) is 0 Å². The third-order valence-corrected chi connectivity index (χ3v) is 3.37. The fourth-order valence-corrected chi connectivity index (χ4v) is 2.30. The number of piperidine rings is 1. The maximum atomic E-state index is 12.1. The smallest absolute Gasteiger partial charge is 0.244 e. The molecule has 102 valence electrons. The summed E-state index contributed by atoms with van der Waals surface area (Å²) >= 11 is 0. The van der Waals surface area contributed by atoms with E-state index in [0.717, 1.165) is 19.4 Å². The molecule has 1 aromatic rings. The topological polar surface area (TPSA) is 84.2 Å². The lowest BCUT2D eigenvalue weighted by Crippen LogP contribution is -2.44. The summed E-state index contributed by atoms with van der Waals surface area (Å²) in [4.78, 5) is 23.6. The fourth-order valence-electron chi connectivity index (χ4n) is 2.30. The Kier molecular flexibility index (Phi) is 4.52. The fraction of sp³-hybridized carbons (Fsp3) is 0.429. The van der Waals surface area contributed by atoms with Crippen molar-refractivity contribution in [3.63, 3.8) is 0 Å². The van der Waals surface area contributed by atoms with Gasteiger partial charge in [-0.05, 0) is 24.9 Å². The predicted molar refractivity (Wildman–Crippen MR) is 72.1 cm³/mol. The summed E-state index contributed by atoms with van der Waals surface area (Å²) in [5.41, 5.74) is 6.09. The SMILES string of the molecule is NC(=O)C(NC(=O)C1CCCNC1)c1ccccc1. The number of amides is 2. The molecule has 2 amide bonds. The Labute approximate surface area is 112 Å². The van der Waals surface area contributed by atoms with Crippen LogP contribution in [0.25, 0.3) is 0 Å². The second-order valence-corrected chi connectivity index (χ2v) is 4.80. The zero-order chi connectivity index (χ0) is 13.7. The molecule has 4 N–H and O–H groups in total. The van der Waals surface area contributed by atoms with E-state index < -0.39 is 11.9 Å². The van der Waals surface area contributed by atoms with Gasteiger partial charge in [0, 0.05) is 6.54 Å².